The number of allylic oxidation sites excluding steroid dienone is 1. The van der Waals surface area contributed by atoms with Crippen molar-refractivity contribution in [1.29, 1.82) is 0 Å². The smallest absolute Gasteiger partial charge is 0.152 e. The molecule has 17 heteroatoms. The number of aromatic amines is 1. The van der Waals surface area contributed by atoms with Gasteiger partial charge in [0, 0.05) is 126 Å². The second-order valence-electron chi connectivity index (χ2n) is 35.9. The van der Waals surface area contributed by atoms with Gasteiger partial charge in [0.05, 0.1) is 42.3 Å². The summed E-state index contributed by atoms with van der Waals surface area (Å²) in [7, 11) is 4.09. The van der Waals surface area contributed by atoms with Crippen molar-refractivity contribution in [3.05, 3.63) is 83.7 Å². The molecule has 0 amide bonds. The summed E-state index contributed by atoms with van der Waals surface area (Å²) < 4.78 is 0. The van der Waals surface area contributed by atoms with Crippen LogP contribution >= 0.6 is 11.8 Å². The average Bonchev–Trinajstić information content (AvgIpc) is 1.68. The van der Waals surface area contributed by atoms with Gasteiger partial charge < -0.3 is 31.6 Å². The van der Waals surface area contributed by atoms with Crippen molar-refractivity contribution in [3.8, 4) is 0 Å². The lowest BCUT2D eigenvalue weighted by atomic mass is 9.90. The number of H-pyrrole nitrogens is 1. The number of carbonyl (C=O) groups excluding carboxylic acids is 7. The number of aromatic nitrogens is 1. The van der Waals surface area contributed by atoms with Gasteiger partial charge in [-0.15, -0.1) is 0 Å². The molecule has 8 atom stereocenters. The number of nitrogens with zero attached hydrogens (tertiary/aromatic N) is 3. The molecule has 1 aliphatic rings. The standard InChI is InChI=1S/C17H24N2O.C16H25NO.C13H22N2O.C13H27NO.2C12H25NO.C11H23NOS.CH4/c1-11(2)17(20)16(18-12(3)4)10-14-9-13-7-5-6-8-15(13)19-14;1-12(2)16(18)15(17(5)13(3)4)11-14-9-7-6-8-10-14;1-9(2)13(16)12(15-10(3)4)8-11-6-5-7-14-11;1-9(2)8-12(13(15)10(3)4)14(7)11(5)6;1-8(2)7-11(13-10(5)6)12(14)9(3)4;1-7-10(6)11(13-9(4)5)12(14)8(2)3;1-8(2)11(13)10(6-7-14-5)12-9(3)4;/h5-9,11-12,16,18-19H,10H2,1-4H3;6-10,12-13,15H,11H2,1-5H3;6-7,9-10,12,15H,5,8H2,1-4H3;9-12H,8H2,1-7H3;2*8-11,13H,7H2,1-6H3;8-10,12H,6-7H2,1-5H3;1H4/t16-;15-;2*12-;11-;10-,11-;10-;/m0000000./s1. The lowest BCUT2D eigenvalue weighted by molar-refractivity contribution is -0.128. The first-order valence-corrected chi connectivity index (χ1v) is 44.1. The van der Waals surface area contributed by atoms with Crippen LogP contribution in [0.2, 0.25) is 0 Å². The van der Waals surface area contributed by atoms with E-state index in [9.17, 15) is 33.6 Å². The van der Waals surface area contributed by atoms with Crippen molar-refractivity contribution in [3.63, 3.8) is 0 Å². The number of para-hydroxylation sites is 1. The van der Waals surface area contributed by atoms with Crippen LogP contribution in [0, 0.1) is 59.2 Å². The molecule has 0 saturated carbocycles. The van der Waals surface area contributed by atoms with E-state index in [1.54, 1.807) is 11.8 Å². The number of nitrogens with one attached hydrogen (secondary N) is 6. The van der Waals surface area contributed by atoms with Crippen LogP contribution in [0.5, 0.6) is 0 Å². The van der Waals surface area contributed by atoms with Crippen LogP contribution < -0.4 is 26.6 Å². The summed E-state index contributed by atoms with van der Waals surface area (Å²) in [6.07, 6.45) is 13.1. The highest BCUT2D eigenvalue weighted by atomic mass is 32.2. The van der Waals surface area contributed by atoms with E-state index < -0.39 is 0 Å². The molecule has 0 radical (unpaired) electrons. The molecule has 112 heavy (non-hydrogen) atoms. The third-order valence-corrected chi connectivity index (χ3v) is 19.9. The molecule has 16 nitrogen and oxygen atoms in total. The largest absolute Gasteiger partial charge is 0.358 e. The first-order valence-electron chi connectivity index (χ1n) is 42.7. The Morgan fingerprint density at radius 1 is 0.438 bits per heavy atom. The Bertz CT molecular complexity index is 3030. The van der Waals surface area contributed by atoms with Crippen LogP contribution in [0.15, 0.2) is 77.4 Å². The monoisotopic (exact) mass is 1590 g/mol. The summed E-state index contributed by atoms with van der Waals surface area (Å²) >= 11 is 1.79. The van der Waals surface area contributed by atoms with Crippen LogP contribution in [0.1, 0.15) is 293 Å². The summed E-state index contributed by atoms with van der Waals surface area (Å²) in [5.41, 5.74) is 4.50. The second kappa shape index (κ2) is 61.5. The summed E-state index contributed by atoms with van der Waals surface area (Å²) in [5, 5.41) is 17.9. The summed E-state index contributed by atoms with van der Waals surface area (Å²) in [6.45, 7) is 69.8. The SMILES string of the molecule is C.CC(C)C(=O)[C@H](Cc1ccccc1)N(C)C(C)C.CC(C)C[C@@H](C(=O)C(C)C)N(C)C(C)C.CC(C)C[C@H](NC(C)C)C(=O)C(C)C.CC(C)N[C@@H](CC1=CCC=N1)C(=O)C(C)C.CC(C)N[C@@H](Cc1cc2ccccc2[nH]1)C(=O)C(C)C.CC[C@H](C)[C@H](NC(C)C)C(=O)C(C)C.CSCC[C@H](NC(C)C)C(=O)C(C)C. The quantitative estimate of drug-likeness (QED) is 0.0311. The number of thioether (sulfide) groups is 1. The van der Waals surface area contributed by atoms with Crippen LogP contribution in [-0.2, 0) is 46.4 Å². The topological polar surface area (TPSA) is 214 Å². The molecule has 0 spiro atoms. The van der Waals surface area contributed by atoms with Gasteiger partial charge in [-0.1, -0.05) is 276 Å². The Labute approximate surface area is 693 Å². The first kappa shape index (κ1) is 113. The molecule has 2 heterocycles. The number of likely N-dealkylation sites (N-methyl/N-ethyl adjacent to an activating group) is 2. The highest BCUT2D eigenvalue weighted by molar-refractivity contribution is 7.98. The number of carbonyl (C=O) groups is 7. The van der Waals surface area contributed by atoms with Gasteiger partial charge in [0.2, 0.25) is 0 Å². The molecular formula is C95H175N9O7S. The van der Waals surface area contributed by atoms with Crippen molar-refractivity contribution >= 4 is 69.4 Å². The van der Waals surface area contributed by atoms with E-state index in [0.29, 0.717) is 102 Å². The highest BCUT2D eigenvalue weighted by Crippen LogP contribution is 2.22. The molecule has 0 bridgehead atoms. The molecule has 1 aromatic heterocycles. The zero-order valence-electron chi connectivity index (χ0n) is 77.8. The van der Waals surface area contributed by atoms with Crippen molar-refractivity contribution in [2.45, 2.75) is 379 Å². The Morgan fingerprint density at radius 3 is 1.19 bits per heavy atom. The molecule has 3 aromatic rings. The number of fused-ring (bicyclic) bond motifs is 1. The van der Waals surface area contributed by atoms with E-state index >= 15 is 0 Å². The molecule has 6 N–H and O–H groups in total. The van der Waals surface area contributed by atoms with Crippen LogP contribution in [0.4, 0.5) is 0 Å². The Morgan fingerprint density at radius 2 is 0.812 bits per heavy atom. The van der Waals surface area contributed by atoms with E-state index in [-0.39, 0.29) is 103 Å². The molecule has 648 valence electrons. The summed E-state index contributed by atoms with van der Waals surface area (Å²) in [6, 6.07) is 23.1. The van der Waals surface area contributed by atoms with Crippen molar-refractivity contribution in [2.75, 3.05) is 26.1 Å². The minimum atomic E-state index is -0.122. The zero-order valence-corrected chi connectivity index (χ0v) is 78.6. The molecule has 0 saturated heterocycles. The van der Waals surface area contributed by atoms with Gasteiger partial charge in [0.25, 0.3) is 0 Å². The van der Waals surface area contributed by atoms with Gasteiger partial charge in [-0.25, -0.2) is 0 Å². The lowest BCUT2D eigenvalue weighted by Crippen LogP contribution is -2.46. The third-order valence-electron chi connectivity index (χ3n) is 19.2. The lowest BCUT2D eigenvalue weighted by Gasteiger charge is -2.32. The molecule has 4 rings (SSSR count). The van der Waals surface area contributed by atoms with Gasteiger partial charge in [-0.3, -0.25) is 48.4 Å². The Hall–Kier alpha value is -4.85. The Kier molecular flexibility index (Phi) is 62.3. The van der Waals surface area contributed by atoms with Crippen molar-refractivity contribution in [2.24, 2.45) is 64.2 Å². The number of rotatable bonds is 43. The summed E-state index contributed by atoms with van der Waals surface area (Å²) in [4.78, 5) is 96.4. The molecule has 2 aromatic carbocycles. The number of aliphatic imine (C=N–C) groups is 1. The normalized spacial score (nSPS) is 14.3. The zero-order chi connectivity index (χ0) is 86.4. The minimum Gasteiger partial charge on any atom is -0.358 e. The van der Waals surface area contributed by atoms with E-state index in [1.165, 1.54) is 10.9 Å². The predicted molar refractivity (Wildman–Crippen MR) is 489 cm³/mol. The number of Topliss-reactive ketones (excluding diaryl/α,β-unsaturated/α-hetero) is 7. The third kappa shape index (κ3) is 49.9. The van der Waals surface area contributed by atoms with E-state index in [4.69, 9.17) is 0 Å². The van der Waals surface area contributed by atoms with Crippen molar-refractivity contribution < 1.29 is 33.6 Å². The average molecular weight is 1590 g/mol. The fourth-order valence-corrected chi connectivity index (χ4v) is 12.9. The minimum absolute atomic E-state index is 0. The molecule has 0 fully saturated rings. The maximum atomic E-state index is 12.4. The number of hydrogen-bond acceptors (Lipinski definition) is 16. The maximum Gasteiger partial charge on any atom is 0.152 e. The Balaban J connectivity index is -0.000000610. The fraction of sp³-hybridized carbons (Fsp3) is 0.747. The molecule has 0 unspecified atom stereocenters. The van der Waals surface area contributed by atoms with Gasteiger partial charge in [0.1, 0.15) is 0 Å². The summed E-state index contributed by atoms with van der Waals surface area (Å²) in [5.74, 6) is 5.60. The number of benzene rings is 2. The van der Waals surface area contributed by atoms with E-state index in [1.807, 2.05) is 141 Å². The van der Waals surface area contributed by atoms with Gasteiger partial charge in [0.15, 0.2) is 40.5 Å². The van der Waals surface area contributed by atoms with E-state index in [0.717, 1.165) is 61.2 Å². The maximum absolute atomic E-state index is 12.4. The first-order chi connectivity index (χ1) is 51.4. The van der Waals surface area contributed by atoms with Crippen LogP contribution in [-0.4, -0.2) is 172 Å². The fourth-order valence-electron chi connectivity index (χ4n) is 12.4. The van der Waals surface area contributed by atoms with Gasteiger partial charge >= 0.3 is 0 Å². The van der Waals surface area contributed by atoms with Crippen molar-refractivity contribution in [1.82, 2.24) is 41.4 Å². The number of ketones is 7. The number of hydrogen-bond donors (Lipinski definition) is 6. The second-order valence-corrected chi connectivity index (χ2v) is 36.9. The van der Waals surface area contributed by atoms with Crippen LogP contribution in [0.25, 0.3) is 10.9 Å². The highest BCUT2D eigenvalue weighted by Gasteiger charge is 2.31. The molecule has 0 aliphatic carbocycles. The molecular weight excluding hydrogens is 1410 g/mol. The predicted octanol–water partition coefficient (Wildman–Crippen LogP) is 20.0. The van der Waals surface area contributed by atoms with Crippen LogP contribution in [0.3, 0.4) is 0 Å². The van der Waals surface area contributed by atoms with E-state index in [2.05, 4.69) is 235 Å². The van der Waals surface area contributed by atoms with Gasteiger partial charge in [-0.05, 0) is 120 Å². The van der Waals surface area contributed by atoms with Gasteiger partial charge in [-0.2, -0.15) is 11.8 Å². The molecule has 1 aliphatic heterocycles.